The van der Waals surface area contributed by atoms with Crippen molar-refractivity contribution < 1.29 is 9.59 Å². The minimum absolute atomic E-state index is 0.168. The number of amides is 2. The maximum absolute atomic E-state index is 12.5. The summed E-state index contributed by atoms with van der Waals surface area (Å²) in [7, 11) is 0. The topological polar surface area (TPSA) is 52.7 Å². The second kappa shape index (κ2) is 8.23. The van der Waals surface area contributed by atoms with Crippen LogP contribution in [0.1, 0.15) is 23.7 Å². The zero-order chi connectivity index (χ0) is 18.5. The van der Waals surface area contributed by atoms with E-state index in [1.165, 1.54) is 0 Å². The van der Waals surface area contributed by atoms with Crippen LogP contribution >= 0.6 is 11.6 Å². The Morgan fingerprint density at radius 3 is 2.35 bits per heavy atom. The van der Waals surface area contributed by atoms with Gasteiger partial charge >= 0.3 is 0 Å². The molecule has 0 radical (unpaired) electrons. The second-order valence-electron chi connectivity index (χ2n) is 6.18. The Bertz CT molecular complexity index is 787. The predicted molar refractivity (Wildman–Crippen MR) is 105 cm³/mol. The van der Waals surface area contributed by atoms with Gasteiger partial charge in [0, 0.05) is 38.2 Å². The smallest absolute Gasteiger partial charge is 0.255 e. The third kappa shape index (κ3) is 3.99. The molecule has 1 saturated heterocycles. The SMILES string of the molecule is CCC(=O)N1CCN(c2c(Cl)cccc2NC(=O)c2ccccc2)CC1. The van der Waals surface area contributed by atoms with Crippen molar-refractivity contribution in [2.75, 3.05) is 36.4 Å². The van der Waals surface area contributed by atoms with Crippen molar-refractivity contribution in [2.45, 2.75) is 13.3 Å². The van der Waals surface area contributed by atoms with E-state index in [2.05, 4.69) is 10.2 Å². The van der Waals surface area contributed by atoms with E-state index < -0.39 is 0 Å². The van der Waals surface area contributed by atoms with Gasteiger partial charge in [-0.2, -0.15) is 0 Å². The van der Waals surface area contributed by atoms with Crippen LogP contribution in [-0.4, -0.2) is 42.9 Å². The van der Waals surface area contributed by atoms with Gasteiger partial charge in [0.1, 0.15) is 0 Å². The van der Waals surface area contributed by atoms with Gasteiger partial charge in [0.25, 0.3) is 5.91 Å². The first-order valence-corrected chi connectivity index (χ1v) is 9.15. The molecule has 6 heteroatoms. The van der Waals surface area contributed by atoms with Gasteiger partial charge in [-0.25, -0.2) is 0 Å². The Morgan fingerprint density at radius 2 is 1.69 bits per heavy atom. The molecule has 3 rings (SSSR count). The van der Waals surface area contributed by atoms with E-state index in [0.29, 0.717) is 48.9 Å². The van der Waals surface area contributed by atoms with Gasteiger partial charge in [0.15, 0.2) is 0 Å². The van der Waals surface area contributed by atoms with Gasteiger partial charge in [-0.05, 0) is 24.3 Å². The van der Waals surface area contributed by atoms with Crippen LogP contribution < -0.4 is 10.2 Å². The number of hydrogen-bond acceptors (Lipinski definition) is 3. The van der Waals surface area contributed by atoms with Gasteiger partial charge in [0.05, 0.1) is 16.4 Å². The highest BCUT2D eigenvalue weighted by molar-refractivity contribution is 6.34. The fourth-order valence-electron chi connectivity index (χ4n) is 3.12. The molecule has 0 spiro atoms. The average molecular weight is 372 g/mol. The van der Waals surface area contributed by atoms with Gasteiger partial charge in [0.2, 0.25) is 5.91 Å². The third-order valence-corrected chi connectivity index (χ3v) is 4.83. The van der Waals surface area contributed by atoms with E-state index in [1.807, 2.05) is 48.2 Å². The molecule has 2 aromatic rings. The lowest BCUT2D eigenvalue weighted by Crippen LogP contribution is -2.48. The molecule has 2 aromatic carbocycles. The number of halogens is 1. The first-order chi connectivity index (χ1) is 12.6. The van der Waals surface area contributed by atoms with Gasteiger partial charge in [-0.15, -0.1) is 0 Å². The van der Waals surface area contributed by atoms with Crippen LogP contribution in [0, 0.1) is 0 Å². The van der Waals surface area contributed by atoms with Crippen LogP contribution in [0.25, 0.3) is 0 Å². The number of nitrogens with zero attached hydrogens (tertiary/aromatic N) is 2. The molecular weight excluding hydrogens is 350 g/mol. The van der Waals surface area contributed by atoms with E-state index in [4.69, 9.17) is 11.6 Å². The number of hydrogen-bond donors (Lipinski definition) is 1. The number of anilines is 2. The molecule has 0 atom stereocenters. The molecule has 0 unspecified atom stereocenters. The molecular formula is C20H22ClN3O2. The summed E-state index contributed by atoms with van der Waals surface area (Å²) in [6.07, 6.45) is 0.518. The van der Waals surface area contributed by atoms with E-state index in [1.54, 1.807) is 12.1 Å². The highest BCUT2D eigenvalue weighted by Gasteiger charge is 2.24. The van der Waals surface area contributed by atoms with Crippen LogP contribution in [0.2, 0.25) is 5.02 Å². The Labute approximate surface area is 158 Å². The zero-order valence-electron chi connectivity index (χ0n) is 14.7. The molecule has 136 valence electrons. The molecule has 0 saturated carbocycles. The standard InChI is InChI=1S/C20H22ClN3O2/c1-2-18(25)23-11-13-24(14-12-23)19-16(21)9-6-10-17(19)22-20(26)15-7-4-3-5-8-15/h3-10H,2,11-14H2,1H3,(H,22,26). The summed E-state index contributed by atoms with van der Waals surface area (Å²) in [5, 5.41) is 3.55. The van der Waals surface area contributed by atoms with Crippen molar-refractivity contribution in [3.05, 3.63) is 59.1 Å². The Hall–Kier alpha value is -2.53. The van der Waals surface area contributed by atoms with Crippen molar-refractivity contribution in [1.82, 2.24) is 4.90 Å². The summed E-state index contributed by atoms with van der Waals surface area (Å²) in [4.78, 5) is 28.4. The Kier molecular flexibility index (Phi) is 5.78. The Morgan fingerprint density at radius 1 is 1.00 bits per heavy atom. The van der Waals surface area contributed by atoms with Crippen LogP contribution in [0.15, 0.2) is 48.5 Å². The maximum Gasteiger partial charge on any atom is 0.255 e. The highest BCUT2D eigenvalue weighted by atomic mass is 35.5. The van der Waals surface area contributed by atoms with E-state index in [9.17, 15) is 9.59 Å². The number of carbonyl (C=O) groups excluding carboxylic acids is 2. The second-order valence-corrected chi connectivity index (χ2v) is 6.58. The number of benzene rings is 2. The summed E-state index contributed by atoms with van der Waals surface area (Å²) in [5.74, 6) is -0.00433. The van der Waals surface area contributed by atoms with Gasteiger partial charge in [-0.1, -0.05) is 42.8 Å². The van der Waals surface area contributed by atoms with Gasteiger partial charge < -0.3 is 15.1 Å². The minimum atomic E-state index is -0.172. The normalized spacial score (nSPS) is 14.2. The molecule has 0 aromatic heterocycles. The molecule has 5 nitrogen and oxygen atoms in total. The Balaban J connectivity index is 1.78. The van der Waals surface area contributed by atoms with E-state index in [-0.39, 0.29) is 11.8 Å². The van der Waals surface area contributed by atoms with Crippen molar-refractivity contribution in [1.29, 1.82) is 0 Å². The first kappa shape index (κ1) is 18.3. The molecule has 2 amide bonds. The minimum Gasteiger partial charge on any atom is -0.365 e. The fourth-order valence-corrected chi connectivity index (χ4v) is 3.42. The van der Waals surface area contributed by atoms with Crippen molar-refractivity contribution in [3.63, 3.8) is 0 Å². The molecule has 1 fully saturated rings. The molecule has 0 aliphatic carbocycles. The molecule has 1 aliphatic heterocycles. The third-order valence-electron chi connectivity index (χ3n) is 4.52. The largest absolute Gasteiger partial charge is 0.365 e. The first-order valence-electron chi connectivity index (χ1n) is 8.77. The summed E-state index contributed by atoms with van der Waals surface area (Å²) in [6.45, 7) is 4.56. The van der Waals surface area contributed by atoms with Crippen molar-refractivity contribution in [3.8, 4) is 0 Å². The van der Waals surface area contributed by atoms with Crippen LogP contribution in [0.5, 0.6) is 0 Å². The molecule has 0 bridgehead atoms. The zero-order valence-corrected chi connectivity index (χ0v) is 15.5. The summed E-state index contributed by atoms with van der Waals surface area (Å²) < 4.78 is 0. The molecule has 1 aliphatic rings. The van der Waals surface area contributed by atoms with Crippen molar-refractivity contribution >= 4 is 34.8 Å². The van der Waals surface area contributed by atoms with Crippen molar-refractivity contribution in [2.24, 2.45) is 0 Å². The lowest BCUT2D eigenvalue weighted by Gasteiger charge is -2.37. The number of para-hydroxylation sites is 1. The molecule has 26 heavy (non-hydrogen) atoms. The summed E-state index contributed by atoms with van der Waals surface area (Å²) >= 11 is 6.44. The molecule has 1 N–H and O–H groups in total. The lowest BCUT2D eigenvalue weighted by atomic mass is 10.1. The summed E-state index contributed by atoms with van der Waals surface area (Å²) in [6, 6.07) is 14.6. The number of piperazine rings is 1. The maximum atomic E-state index is 12.5. The quantitative estimate of drug-likeness (QED) is 0.892. The fraction of sp³-hybridized carbons (Fsp3) is 0.300. The predicted octanol–water partition coefficient (Wildman–Crippen LogP) is 3.65. The monoisotopic (exact) mass is 371 g/mol. The number of nitrogens with one attached hydrogen (secondary N) is 1. The average Bonchev–Trinajstić information content (AvgIpc) is 2.68. The van der Waals surface area contributed by atoms with E-state index >= 15 is 0 Å². The van der Waals surface area contributed by atoms with Crippen LogP contribution in [0.4, 0.5) is 11.4 Å². The number of rotatable bonds is 4. The van der Waals surface area contributed by atoms with E-state index in [0.717, 1.165) is 5.69 Å². The summed E-state index contributed by atoms with van der Waals surface area (Å²) in [5.41, 5.74) is 2.08. The lowest BCUT2D eigenvalue weighted by molar-refractivity contribution is -0.131. The highest BCUT2D eigenvalue weighted by Crippen LogP contribution is 2.35. The number of carbonyl (C=O) groups is 2. The van der Waals surface area contributed by atoms with Crippen LogP contribution in [-0.2, 0) is 4.79 Å². The molecule has 1 heterocycles. The van der Waals surface area contributed by atoms with Gasteiger partial charge in [-0.3, -0.25) is 9.59 Å². The van der Waals surface area contributed by atoms with Crippen LogP contribution in [0.3, 0.4) is 0 Å².